The quantitative estimate of drug-likeness (QED) is 0.350. The van der Waals surface area contributed by atoms with Crippen LogP contribution < -0.4 is 20.0 Å². The van der Waals surface area contributed by atoms with E-state index in [0.717, 1.165) is 119 Å². The molecule has 5 saturated heterocycles. The first-order valence-electron chi connectivity index (χ1n) is 20.0. The summed E-state index contributed by atoms with van der Waals surface area (Å²) in [5.74, 6) is -1.40. The van der Waals surface area contributed by atoms with Crippen LogP contribution in [0, 0.1) is 22.7 Å². The molecule has 57 heavy (non-hydrogen) atoms. The van der Waals surface area contributed by atoms with E-state index in [-0.39, 0.29) is 24.2 Å². The number of imide groups is 2. The molecule has 13 nitrogen and oxygen atoms in total. The van der Waals surface area contributed by atoms with Gasteiger partial charge >= 0.3 is 0 Å². The number of nitriles is 1. The van der Waals surface area contributed by atoms with E-state index in [2.05, 4.69) is 43.1 Å². The van der Waals surface area contributed by atoms with Gasteiger partial charge in [0.2, 0.25) is 11.8 Å². The maximum Gasteiger partial charge on any atom is 0.262 e. The Kier molecular flexibility index (Phi) is 9.65. The number of hydrogen-bond donors (Lipinski definition) is 1. The number of rotatable bonds is 7. The van der Waals surface area contributed by atoms with Crippen molar-refractivity contribution in [2.45, 2.75) is 38.1 Å². The second kappa shape index (κ2) is 14.8. The summed E-state index contributed by atoms with van der Waals surface area (Å²) in [6, 6.07) is 20.2. The zero-order valence-electron chi connectivity index (χ0n) is 31.8. The van der Waals surface area contributed by atoms with Gasteiger partial charge in [0.05, 0.1) is 21.7 Å². The van der Waals surface area contributed by atoms with Crippen LogP contribution in [0.5, 0.6) is 0 Å². The van der Waals surface area contributed by atoms with Crippen LogP contribution in [-0.2, 0) is 9.59 Å². The lowest BCUT2D eigenvalue weighted by Gasteiger charge is -2.37. The summed E-state index contributed by atoms with van der Waals surface area (Å²) in [6.45, 7) is 9.69. The Labute approximate surface area is 336 Å². The van der Waals surface area contributed by atoms with Gasteiger partial charge in [-0.15, -0.1) is 0 Å². The lowest BCUT2D eigenvalue weighted by atomic mass is 9.86. The van der Waals surface area contributed by atoms with E-state index in [0.29, 0.717) is 27.6 Å². The summed E-state index contributed by atoms with van der Waals surface area (Å²) in [7, 11) is 0. The van der Waals surface area contributed by atoms with E-state index in [1.54, 1.807) is 18.2 Å². The maximum atomic E-state index is 13.6. The fourth-order valence-corrected chi connectivity index (χ4v) is 10.0. The monoisotopic (exact) mass is 788 g/mol. The number of nitrogens with one attached hydrogen (secondary N) is 1. The van der Waals surface area contributed by atoms with Gasteiger partial charge < -0.3 is 19.6 Å². The minimum atomic E-state index is -0.971. The van der Waals surface area contributed by atoms with E-state index in [1.165, 1.54) is 0 Å². The summed E-state index contributed by atoms with van der Waals surface area (Å²) in [5.41, 5.74) is 4.93. The number of halogens is 1. The van der Waals surface area contributed by atoms with Gasteiger partial charge in [-0.25, -0.2) is 0 Å². The van der Waals surface area contributed by atoms with Gasteiger partial charge in [-0.3, -0.25) is 39.1 Å². The van der Waals surface area contributed by atoms with Crippen molar-refractivity contribution < 1.29 is 24.0 Å². The summed E-state index contributed by atoms with van der Waals surface area (Å²) in [5, 5.41) is 12.0. The highest BCUT2D eigenvalue weighted by Gasteiger charge is 2.46. The van der Waals surface area contributed by atoms with Crippen LogP contribution >= 0.6 is 11.6 Å². The molecule has 1 spiro atoms. The van der Waals surface area contributed by atoms with Crippen molar-refractivity contribution in [2.24, 2.45) is 11.3 Å². The molecule has 0 radical (unpaired) electrons. The molecular formula is C43H45ClN8O5. The van der Waals surface area contributed by atoms with E-state index < -0.39 is 29.7 Å². The minimum absolute atomic E-state index is 0.0690. The summed E-state index contributed by atoms with van der Waals surface area (Å²) < 4.78 is 0. The van der Waals surface area contributed by atoms with Gasteiger partial charge in [-0.05, 0) is 92.3 Å². The van der Waals surface area contributed by atoms with E-state index in [9.17, 15) is 29.2 Å². The number of benzene rings is 3. The minimum Gasteiger partial charge on any atom is -0.371 e. The number of likely N-dealkylation sites (tertiary alicyclic amines) is 1. The van der Waals surface area contributed by atoms with Crippen molar-refractivity contribution in [3.8, 4) is 6.07 Å². The Bertz CT molecular complexity index is 2200. The zero-order chi connectivity index (χ0) is 39.4. The van der Waals surface area contributed by atoms with Crippen LogP contribution in [-0.4, -0.2) is 122 Å². The summed E-state index contributed by atoms with van der Waals surface area (Å²) >= 11 is 6.32. The van der Waals surface area contributed by atoms with Crippen molar-refractivity contribution in [3.05, 3.63) is 87.9 Å². The molecule has 2 unspecified atom stereocenters. The molecule has 0 aliphatic carbocycles. The number of nitrogens with zero attached hydrogens (tertiary/aromatic N) is 7. The van der Waals surface area contributed by atoms with Crippen LogP contribution in [0.15, 0.2) is 60.7 Å². The predicted molar refractivity (Wildman–Crippen MR) is 214 cm³/mol. The van der Waals surface area contributed by atoms with Crippen molar-refractivity contribution in [2.75, 3.05) is 86.7 Å². The van der Waals surface area contributed by atoms with Crippen molar-refractivity contribution in [1.29, 1.82) is 5.26 Å². The van der Waals surface area contributed by atoms with Crippen LogP contribution in [0.25, 0.3) is 0 Å². The Morgan fingerprint density at radius 2 is 1.49 bits per heavy atom. The highest BCUT2D eigenvalue weighted by Crippen LogP contribution is 2.42. The molecule has 6 aliphatic rings. The molecule has 3 atom stereocenters. The van der Waals surface area contributed by atoms with Gasteiger partial charge in [0.15, 0.2) is 0 Å². The molecule has 6 aliphatic heterocycles. The normalized spacial score (nSPS) is 25.2. The van der Waals surface area contributed by atoms with Crippen molar-refractivity contribution in [1.82, 2.24) is 20.0 Å². The Morgan fingerprint density at radius 1 is 0.772 bits per heavy atom. The maximum absolute atomic E-state index is 13.6. The number of carbonyl (C=O) groups is 5. The van der Waals surface area contributed by atoms with Crippen LogP contribution in [0.2, 0.25) is 5.02 Å². The Morgan fingerprint density at radius 3 is 2.25 bits per heavy atom. The second-order valence-electron chi connectivity index (χ2n) is 16.5. The highest BCUT2D eigenvalue weighted by atomic mass is 35.5. The molecule has 5 fully saturated rings. The van der Waals surface area contributed by atoms with E-state index >= 15 is 0 Å². The molecule has 3 aromatic carbocycles. The molecule has 9 rings (SSSR count). The first-order valence-corrected chi connectivity index (χ1v) is 20.4. The molecular weight excluding hydrogens is 744 g/mol. The van der Waals surface area contributed by atoms with Gasteiger partial charge in [-0.1, -0.05) is 11.6 Å². The predicted octanol–water partition coefficient (Wildman–Crippen LogP) is 4.00. The fraction of sp³-hybridized carbons (Fsp3) is 0.442. The van der Waals surface area contributed by atoms with E-state index in [4.69, 9.17) is 11.6 Å². The average Bonchev–Trinajstić information content (AvgIpc) is 4.02. The number of hydrogen-bond acceptors (Lipinski definition) is 10. The first kappa shape index (κ1) is 37.1. The lowest BCUT2D eigenvalue weighted by Crippen LogP contribution is -2.54. The molecule has 294 valence electrons. The third kappa shape index (κ3) is 6.99. The molecule has 6 heterocycles. The van der Waals surface area contributed by atoms with E-state index in [1.807, 2.05) is 35.2 Å². The molecule has 0 aromatic heterocycles. The number of fused-ring (bicyclic) bond motifs is 1. The summed E-state index contributed by atoms with van der Waals surface area (Å²) in [4.78, 5) is 76.7. The molecule has 1 N–H and O–H groups in total. The number of carbonyl (C=O) groups excluding carboxylic acids is 5. The van der Waals surface area contributed by atoms with Gasteiger partial charge in [0, 0.05) is 106 Å². The van der Waals surface area contributed by atoms with Crippen molar-refractivity contribution >= 4 is 58.2 Å². The topological polar surface area (TPSA) is 141 Å². The molecule has 0 saturated carbocycles. The van der Waals surface area contributed by atoms with Crippen LogP contribution in [0.4, 0.5) is 17.1 Å². The number of piperidine rings is 1. The standard InChI is InChI=1S/C43H45ClN8O5/c44-36-22-33(6-3-30(36)23-45)50-15-12-43(26-50)13-16-51(27-43)40(55)29-1-4-31(5-2-29)48-19-17-47(18-20-48)24-28-11-14-49(25-28)32-7-8-34-35(21-32)42(57)52(41(34)56)37-9-10-38(53)46-39(37)54/h1-8,21-22,28,37H,9-20,24-27H2,(H,46,53,54)/t28-,37?,43?/m1/s1. The molecule has 0 bridgehead atoms. The number of anilines is 3. The third-order valence-corrected chi connectivity index (χ3v) is 13.4. The molecule has 5 amide bonds. The zero-order valence-corrected chi connectivity index (χ0v) is 32.5. The lowest BCUT2D eigenvalue weighted by molar-refractivity contribution is -0.136. The third-order valence-electron chi connectivity index (χ3n) is 13.0. The summed E-state index contributed by atoms with van der Waals surface area (Å²) in [6.07, 6.45) is 3.26. The number of piperazine rings is 1. The molecule has 14 heteroatoms. The van der Waals surface area contributed by atoms with Crippen LogP contribution in [0.1, 0.15) is 68.7 Å². The SMILES string of the molecule is N#Cc1ccc(N2CCC3(CCN(C(=O)c4ccc(N5CCN(C[C@H]6CCN(c7ccc8c(c7)C(=O)N(C7CCC(=O)NC7=O)C8=O)C6)CC5)cc4)C3)C2)cc1Cl. The Hall–Kier alpha value is -5.45. The smallest absolute Gasteiger partial charge is 0.262 e. The highest BCUT2D eigenvalue weighted by molar-refractivity contribution is 6.32. The molecule has 3 aromatic rings. The van der Waals surface area contributed by atoms with Crippen LogP contribution in [0.3, 0.4) is 0 Å². The van der Waals surface area contributed by atoms with Gasteiger partial charge in [-0.2, -0.15) is 5.26 Å². The Balaban J connectivity index is 0.741. The fourth-order valence-electron chi connectivity index (χ4n) is 9.81. The van der Waals surface area contributed by atoms with Crippen molar-refractivity contribution in [3.63, 3.8) is 0 Å². The van der Waals surface area contributed by atoms with Gasteiger partial charge in [0.1, 0.15) is 12.1 Å². The second-order valence-corrected chi connectivity index (χ2v) is 16.9. The number of amides is 5. The average molecular weight is 789 g/mol. The largest absolute Gasteiger partial charge is 0.371 e. The first-order chi connectivity index (χ1) is 27.6. The van der Waals surface area contributed by atoms with Gasteiger partial charge in [0.25, 0.3) is 17.7 Å².